The Morgan fingerprint density at radius 1 is 1.35 bits per heavy atom. The van der Waals surface area contributed by atoms with Gasteiger partial charge in [-0.1, -0.05) is 0 Å². The number of nitrogens with zero attached hydrogens (tertiary/aromatic N) is 1. The number of nitrogens with one attached hydrogen (secondary N) is 2. The van der Waals surface area contributed by atoms with Gasteiger partial charge in [-0.25, -0.2) is 4.79 Å². The van der Waals surface area contributed by atoms with Crippen LogP contribution in [0.25, 0.3) is 0 Å². The summed E-state index contributed by atoms with van der Waals surface area (Å²) in [5.74, 6) is -0.200. The van der Waals surface area contributed by atoms with Crippen molar-refractivity contribution in [3.63, 3.8) is 0 Å². The third kappa shape index (κ3) is 3.89. The van der Waals surface area contributed by atoms with Gasteiger partial charge in [0.1, 0.15) is 6.04 Å². The fraction of sp³-hybridized carbons (Fsp3) is 0.818. The molecule has 0 aromatic rings. The van der Waals surface area contributed by atoms with Crippen LogP contribution in [0.2, 0.25) is 0 Å². The fourth-order valence-electron chi connectivity index (χ4n) is 1.62. The zero-order valence-corrected chi connectivity index (χ0v) is 10.9. The molecule has 1 atom stereocenters. The zero-order valence-electron chi connectivity index (χ0n) is 10.9. The highest BCUT2D eigenvalue weighted by Gasteiger charge is 2.33. The van der Waals surface area contributed by atoms with E-state index < -0.39 is 6.04 Å². The number of morpholine rings is 1. The summed E-state index contributed by atoms with van der Waals surface area (Å²) in [5.41, 5.74) is -0.317. The molecular formula is C11H21N3O3. The second kappa shape index (κ2) is 5.35. The first kappa shape index (κ1) is 13.8. The van der Waals surface area contributed by atoms with E-state index >= 15 is 0 Å². The predicted molar refractivity (Wildman–Crippen MR) is 63.7 cm³/mol. The molecule has 1 saturated heterocycles. The maximum atomic E-state index is 12.0. The van der Waals surface area contributed by atoms with Gasteiger partial charge in [0, 0.05) is 19.1 Å². The lowest BCUT2D eigenvalue weighted by Gasteiger charge is -2.36. The Labute approximate surface area is 102 Å². The normalized spacial score (nSPS) is 20.9. The number of likely N-dealkylation sites (N-methyl/N-ethyl adjacent to an activating group) is 1. The molecule has 6 heteroatoms. The maximum absolute atomic E-state index is 12.0. The summed E-state index contributed by atoms with van der Waals surface area (Å²) in [4.78, 5) is 25.2. The lowest BCUT2D eigenvalue weighted by molar-refractivity contribution is -0.129. The van der Waals surface area contributed by atoms with Gasteiger partial charge in [0.25, 0.3) is 0 Å². The molecule has 0 saturated carbocycles. The smallest absolute Gasteiger partial charge is 0.318 e. The minimum Gasteiger partial charge on any atom is -0.377 e. The van der Waals surface area contributed by atoms with Crippen LogP contribution >= 0.6 is 0 Å². The van der Waals surface area contributed by atoms with Crippen LogP contribution in [0.15, 0.2) is 0 Å². The molecule has 0 spiro atoms. The number of carbonyl (C=O) groups is 2. The zero-order chi connectivity index (χ0) is 13.1. The molecular weight excluding hydrogens is 222 g/mol. The lowest BCUT2D eigenvalue weighted by Crippen LogP contribution is -2.60. The Bertz CT molecular complexity index is 299. The van der Waals surface area contributed by atoms with Crippen molar-refractivity contribution in [2.45, 2.75) is 32.4 Å². The molecule has 6 nitrogen and oxygen atoms in total. The van der Waals surface area contributed by atoms with E-state index in [9.17, 15) is 9.59 Å². The van der Waals surface area contributed by atoms with E-state index in [2.05, 4.69) is 10.6 Å². The van der Waals surface area contributed by atoms with Gasteiger partial charge in [0.05, 0.1) is 13.2 Å². The highest BCUT2D eigenvalue weighted by molar-refractivity contribution is 5.87. The second-order valence-corrected chi connectivity index (χ2v) is 5.08. The maximum Gasteiger partial charge on any atom is 0.318 e. The molecule has 0 bridgehead atoms. The molecule has 1 heterocycles. The Kier molecular flexibility index (Phi) is 4.34. The average molecular weight is 243 g/mol. The van der Waals surface area contributed by atoms with Gasteiger partial charge in [-0.2, -0.15) is 0 Å². The van der Waals surface area contributed by atoms with Gasteiger partial charge in [-0.3, -0.25) is 4.79 Å². The van der Waals surface area contributed by atoms with Crippen molar-refractivity contribution in [1.82, 2.24) is 15.5 Å². The van der Waals surface area contributed by atoms with Crippen LogP contribution < -0.4 is 10.6 Å². The van der Waals surface area contributed by atoms with Gasteiger partial charge >= 0.3 is 6.03 Å². The highest BCUT2D eigenvalue weighted by Crippen LogP contribution is 2.09. The van der Waals surface area contributed by atoms with Crippen LogP contribution in [0.5, 0.6) is 0 Å². The first-order valence-corrected chi connectivity index (χ1v) is 5.73. The largest absolute Gasteiger partial charge is 0.377 e. The summed E-state index contributed by atoms with van der Waals surface area (Å²) >= 11 is 0. The number of hydrogen-bond donors (Lipinski definition) is 2. The molecule has 1 aliphatic rings. The Morgan fingerprint density at radius 2 is 2.00 bits per heavy atom. The first-order chi connectivity index (χ1) is 7.85. The van der Waals surface area contributed by atoms with Crippen LogP contribution in [-0.4, -0.2) is 55.2 Å². The molecule has 1 fully saturated rings. The van der Waals surface area contributed by atoms with Crippen LogP contribution in [0.1, 0.15) is 20.8 Å². The molecule has 1 rings (SSSR count). The van der Waals surface area contributed by atoms with Gasteiger partial charge in [0.2, 0.25) is 5.91 Å². The van der Waals surface area contributed by atoms with Crippen molar-refractivity contribution in [3.05, 3.63) is 0 Å². The van der Waals surface area contributed by atoms with Gasteiger partial charge in [0.15, 0.2) is 0 Å². The van der Waals surface area contributed by atoms with Crippen molar-refractivity contribution < 1.29 is 14.3 Å². The van der Waals surface area contributed by atoms with Crippen LogP contribution in [0.4, 0.5) is 4.79 Å². The van der Waals surface area contributed by atoms with E-state index in [-0.39, 0.29) is 24.1 Å². The number of ether oxygens (including phenoxy) is 1. The summed E-state index contributed by atoms with van der Waals surface area (Å²) in [5, 5.41) is 5.39. The summed E-state index contributed by atoms with van der Waals surface area (Å²) in [7, 11) is 1.55. The van der Waals surface area contributed by atoms with Crippen molar-refractivity contribution in [3.8, 4) is 0 Å². The van der Waals surface area contributed by atoms with E-state index in [4.69, 9.17) is 4.74 Å². The number of rotatable bonds is 1. The van der Waals surface area contributed by atoms with Crippen LogP contribution in [-0.2, 0) is 9.53 Å². The highest BCUT2D eigenvalue weighted by atomic mass is 16.5. The monoisotopic (exact) mass is 243 g/mol. The second-order valence-electron chi connectivity index (χ2n) is 5.08. The SMILES string of the molecule is CNC(=O)C1COCCN1C(=O)NC(C)(C)C. The van der Waals surface area contributed by atoms with Gasteiger partial charge in [-0.05, 0) is 20.8 Å². The molecule has 0 aliphatic carbocycles. The average Bonchev–Trinajstić information content (AvgIpc) is 2.25. The molecule has 3 amide bonds. The topological polar surface area (TPSA) is 70.7 Å². The summed E-state index contributed by atoms with van der Waals surface area (Å²) < 4.78 is 5.23. The van der Waals surface area contributed by atoms with E-state index in [0.717, 1.165) is 0 Å². The predicted octanol–water partition coefficient (Wildman–Crippen LogP) is -0.0587. The minimum absolute atomic E-state index is 0.200. The Balaban J connectivity index is 2.71. The van der Waals surface area contributed by atoms with E-state index in [1.807, 2.05) is 20.8 Å². The van der Waals surface area contributed by atoms with Gasteiger partial charge < -0.3 is 20.3 Å². The number of hydrogen-bond acceptors (Lipinski definition) is 3. The van der Waals surface area contributed by atoms with E-state index in [1.165, 1.54) is 4.90 Å². The standard InChI is InChI=1S/C11H21N3O3/c1-11(2,3)13-10(16)14-5-6-17-7-8(14)9(15)12-4/h8H,5-7H2,1-4H3,(H,12,15)(H,13,16). The quantitative estimate of drug-likeness (QED) is 0.678. The van der Waals surface area contributed by atoms with Gasteiger partial charge in [-0.15, -0.1) is 0 Å². The molecule has 98 valence electrons. The summed E-state index contributed by atoms with van der Waals surface area (Å²) in [6.07, 6.45) is 0. The summed E-state index contributed by atoms with van der Waals surface area (Å²) in [6, 6.07) is -0.773. The Morgan fingerprint density at radius 3 is 2.53 bits per heavy atom. The molecule has 0 aromatic carbocycles. The van der Waals surface area contributed by atoms with Crippen molar-refractivity contribution >= 4 is 11.9 Å². The third-order valence-electron chi connectivity index (χ3n) is 2.42. The molecule has 0 radical (unpaired) electrons. The minimum atomic E-state index is -0.545. The van der Waals surface area contributed by atoms with Crippen LogP contribution in [0.3, 0.4) is 0 Å². The van der Waals surface area contributed by atoms with Crippen molar-refractivity contribution in [2.24, 2.45) is 0 Å². The third-order valence-corrected chi connectivity index (χ3v) is 2.42. The molecule has 0 aromatic heterocycles. The number of carbonyl (C=O) groups excluding carboxylic acids is 2. The van der Waals surface area contributed by atoms with Crippen molar-refractivity contribution in [2.75, 3.05) is 26.8 Å². The fourth-order valence-corrected chi connectivity index (χ4v) is 1.62. The Hall–Kier alpha value is -1.30. The lowest BCUT2D eigenvalue weighted by atomic mass is 10.1. The van der Waals surface area contributed by atoms with Crippen LogP contribution in [0, 0.1) is 0 Å². The number of amides is 3. The summed E-state index contributed by atoms with van der Waals surface area (Å²) in [6.45, 7) is 6.85. The first-order valence-electron chi connectivity index (χ1n) is 5.73. The molecule has 1 aliphatic heterocycles. The van der Waals surface area contributed by atoms with E-state index in [0.29, 0.717) is 13.2 Å². The molecule has 1 unspecified atom stereocenters. The number of urea groups is 1. The molecule has 17 heavy (non-hydrogen) atoms. The molecule has 2 N–H and O–H groups in total. The van der Waals surface area contributed by atoms with Crippen molar-refractivity contribution in [1.29, 1.82) is 0 Å². The van der Waals surface area contributed by atoms with E-state index in [1.54, 1.807) is 7.05 Å².